The fourth-order valence-corrected chi connectivity index (χ4v) is 8.90. The van der Waals surface area contributed by atoms with Gasteiger partial charge >= 0.3 is 6.03 Å². The van der Waals surface area contributed by atoms with E-state index in [4.69, 9.17) is 14.5 Å². The number of nitrogens with one attached hydrogen (secondary N) is 3. The molecule has 0 spiro atoms. The first-order chi connectivity index (χ1) is 30.8. The summed E-state index contributed by atoms with van der Waals surface area (Å²) in [7, 11) is 0. The molecule has 3 aliphatic rings. The number of piperidine rings is 1. The zero-order valence-corrected chi connectivity index (χ0v) is 36.8. The summed E-state index contributed by atoms with van der Waals surface area (Å²) in [6.07, 6.45) is 5.96. The third-order valence-electron chi connectivity index (χ3n) is 12.6. The number of fused-ring (bicyclic) bond motifs is 1. The highest BCUT2D eigenvalue weighted by Gasteiger charge is 2.29. The molecule has 3 fully saturated rings. The fraction of sp³-hybridized carbons (Fsp3) is 0.404. The molecular weight excluding hydrogens is 816 g/mol. The zero-order chi connectivity index (χ0) is 44.7. The summed E-state index contributed by atoms with van der Waals surface area (Å²) in [4.78, 5) is 59.0. The van der Waals surface area contributed by atoms with Gasteiger partial charge in [0.25, 0.3) is 11.7 Å². The average molecular weight is 869 g/mol. The summed E-state index contributed by atoms with van der Waals surface area (Å²) in [6, 6.07) is 16.5. The summed E-state index contributed by atoms with van der Waals surface area (Å²) in [5, 5.41) is 17.8. The van der Waals surface area contributed by atoms with Crippen LogP contribution in [0.3, 0.4) is 0 Å². The average Bonchev–Trinajstić information content (AvgIpc) is 3.96. The van der Waals surface area contributed by atoms with Crippen LogP contribution >= 0.6 is 0 Å². The minimum absolute atomic E-state index is 0.0121. The molecule has 0 saturated carbocycles. The van der Waals surface area contributed by atoms with Gasteiger partial charge in [-0.2, -0.15) is 10.1 Å². The molecule has 0 unspecified atom stereocenters. The summed E-state index contributed by atoms with van der Waals surface area (Å²) in [5.74, 6) is 0.748. The Labute approximate surface area is 370 Å². The van der Waals surface area contributed by atoms with Crippen molar-refractivity contribution in [2.45, 2.75) is 65.3 Å². The predicted octanol–water partition coefficient (Wildman–Crippen LogP) is 6.79. The van der Waals surface area contributed by atoms with Crippen LogP contribution in [-0.4, -0.2) is 105 Å². The van der Waals surface area contributed by atoms with Gasteiger partial charge in [0.1, 0.15) is 17.3 Å². The lowest BCUT2D eigenvalue weighted by molar-refractivity contribution is -0.120. The van der Waals surface area contributed by atoms with E-state index < -0.39 is 17.8 Å². The molecule has 332 valence electrons. The van der Waals surface area contributed by atoms with Crippen LogP contribution < -0.4 is 25.3 Å². The Morgan fingerprint density at radius 2 is 1.67 bits per heavy atom. The van der Waals surface area contributed by atoms with E-state index in [0.29, 0.717) is 17.5 Å². The number of piperazine rings is 1. The van der Waals surface area contributed by atoms with E-state index in [9.17, 15) is 14.4 Å². The summed E-state index contributed by atoms with van der Waals surface area (Å²) in [5.41, 5.74) is 6.94. The molecule has 0 bridgehead atoms. The van der Waals surface area contributed by atoms with Crippen molar-refractivity contribution in [3.8, 4) is 22.4 Å². The maximum Gasteiger partial charge on any atom is 0.328 e. The highest BCUT2D eigenvalue weighted by atomic mass is 19.1. The SMILES string of the molecule is Cc1cc(-c2n[nH]c3ncc(-c4ccc(N5CCN(CC6CCN(c7ccc(N8CCC(=O)NC8=O)c(F)c7)CC6)CC5)nc4)cc23)ccc1[C@@H](C)NC(=O)c1noc(C(C)(C)C)n1. The largest absolute Gasteiger partial charge is 0.371 e. The van der Waals surface area contributed by atoms with Crippen molar-refractivity contribution in [1.82, 2.24) is 45.8 Å². The first kappa shape index (κ1) is 42.5. The smallest absolute Gasteiger partial charge is 0.328 e. The Bertz CT molecular complexity index is 2690. The molecule has 3 saturated heterocycles. The number of rotatable bonds is 10. The van der Waals surface area contributed by atoms with E-state index in [1.807, 2.05) is 65.2 Å². The lowest BCUT2D eigenvalue weighted by atomic mass is 9.95. The van der Waals surface area contributed by atoms with Crippen LogP contribution in [0.25, 0.3) is 33.4 Å². The molecule has 7 heterocycles. The van der Waals surface area contributed by atoms with Gasteiger partial charge in [-0.05, 0) is 86.2 Å². The van der Waals surface area contributed by atoms with Gasteiger partial charge in [0, 0.05) is 104 Å². The summed E-state index contributed by atoms with van der Waals surface area (Å²) in [6.45, 7) is 16.4. The minimum atomic E-state index is -0.586. The topological polar surface area (TPSA) is 182 Å². The number of hydrogen-bond donors (Lipinski definition) is 3. The van der Waals surface area contributed by atoms with Gasteiger partial charge in [0.2, 0.25) is 11.8 Å². The van der Waals surface area contributed by atoms with E-state index in [2.05, 4.69) is 69.9 Å². The Morgan fingerprint density at radius 3 is 2.36 bits per heavy atom. The third-order valence-corrected chi connectivity index (χ3v) is 12.6. The Kier molecular flexibility index (Phi) is 11.6. The van der Waals surface area contributed by atoms with Crippen molar-refractivity contribution < 1.29 is 23.3 Å². The number of nitrogens with zero attached hydrogens (tertiary/aromatic N) is 9. The van der Waals surface area contributed by atoms with Gasteiger partial charge in [-0.25, -0.2) is 19.2 Å². The number of imide groups is 1. The van der Waals surface area contributed by atoms with Gasteiger partial charge < -0.3 is 19.6 Å². The molecule has 4 aromatic heterocycles. The molecule has 3 aliphatic heterocycles. The zero-order valence-electron chi connectivity index (χ0n) is 36.8. The Morgan fingerprint density at radius 1 is 0.906 bits per heavy atom. The van der Waals surface area contributed by atoms with Gasteiger partial charge in [-0.15, -0.1) is 0 Å². The second-order valence-electron chi connectivity index (χ2n) is 18.1. The molecule has 0 radical (unpaired) electrons. The Hall–Kier alpha value is -6.75. The van der Waals surface area contributed by atoms with Gasteiger partial charge in [0.15, 0.2) is 5.65 Å². The van der Waals surface area contributed by atoms with E-state index >= 15 is 4.39 Å². The molecule has 1 atom stereocenters. The number of pyridine rings is 2. The molecule has 17 heteroatoms. The number of halogens is 1. The number of aromatic amines is 1. The highest BCUT2D eigenvalue weighted by Crippen LogP contribution is 2.33. The van der Waals surface area contributed by atoms with Crippen LogP contribution in [0.15, 0.2) is 71.5 Å². The molecule has 3 N–H and O–H groups in total. The number of benzene rings is 2. The maximum absolute atomic E-state index is 15.1. The number of amides is 4. The molecule has 0 aliphatic carbocycles. The van der Waals surface area contributed by atoms with Crippen molar-refractivity contribution in [2.24, 2.45) is 5.92 Å². The molecule has 16 nitrogen and oxygen atoms in total. The summed E-state index contributed by atoms with van der Waals surface area (Å²) < 4.78 is 20.5. The first-order valence-electron chi connectivity index (χ1n) is 22.0. The fourth-order valence-electron chi connectivity index (χ4n) is 8.90. The van der Waals surface area contributed by atoms with Crippen molar-refractivity contribution in [1.29, 1.82) is 0 Å². The molecular formula is C47H53FN12O4. The van der Waals surface area contributed by atoms with Crippen LogP contribution in [-0.2, 0) is 10.2 Å². The number of carbonyl (C=O) groups excluding carboxylic acids is 3. The van der Waals surface area contributed by atoms with Crippen LogP contribution in [0.5, 0.6) is 0 Å². The van der Waals surface area contributed by atoms with Crippen LogP contribution in [0.2, 0.25) is 0 Å². The van der Waals surface area contributed by atoms with Gasteiger partial charge in [0.05, 0.1) is 11.7 Å². The molecule has 6 aromatic rings. The van der Waals surface area contributed by atoms with Crippen LogP contribution in [0.4, 0.5) is 26.4 Å². The normalized spacial score (nSPS) is 17.2. The Balaban J connectivity index is 0.770. The molecule has 4 amide bonds. The van der Waals surface area contributed by atoms with E-state index in [1.165, 1.54) is 11.0 Å². The number of H-pyrrole nitrogens is 1. The molecule has 2 aromatic carbocycles. The van der Waals surface area contributed by atoms with Crippen molar-refractivity contribution in [3.63, 3.8) is 0 Å². The maximum atomic E-state index is 15.1. The van der Waals surface area contributed by atoms with E-state index in [1.54, 1.807) is 6.07 Å². The van der Waals surface area contributed by atoms with E-state index in [-0.39, 0.29) is 41.8 Å². The minimum Gasteiger partial charge on any atom is -0.371 e. The number of hydrogen-bond acceptors (Lipinski definition) is 12. The second kappa shape index (κ2) is 17.4. The molecule has 64 heavy (non-hydrogen) atoms. The molecule has 9 rings (SSSR count). The van der Waals surface area contributed by atoms with Gasteiger partial charge in [-0.1, -0.05) is 38.1 Å². The first-order valence-corrected chi connectivity index (χ1v) is 22.0. The van der Waals surface area contributed by atoms with E-state index in [0.717, 1.165) is 109 Å². The standard InChI is InChI=1S/C47H53FN12O4/c1-28-22-31(6-9-35(28)29(2)51-44(62)43-53-45(64-56-43)47(3,4)5)41-36-23-33(26-50-42(36)55-54-41)32-7-11-39(49-25-32)59-20-18-57(19-21-59)27-30-12-15-58(16-13-30)34-8-10-38(37(48)24-34)60-17-14-40(61)52-46(60)63/h6-11,22-26,29-30H,12-21,27H2,1-5H3,(H,51,62)(H,50,54,55)(H,52,61,63)/t29-/m1/s1. The van der Waals surface area contributed by atoms with Crippen LogP contribution in [0.1, 0.15) is 80.6 Å². The lowest BCUT2D eigenvalue weighted by Crippen LogP contribution is -2.50. The predicted molar refractivity (Wildman–Crippen MR) is 242 cm³/mol. The lowest BCUT2D eigenvalue weighted by Gasteiger charge is -2.39. The quantitative estimate of drug-likeness (QED) is 0.131. The number of aryl methyl sites for hydroxylation is 1. The van der Waals surface area contributed by atoms with Crippen LogP contribution in [0, 0.1) is 18.7 Å². The number of aromatic nitrogens is 6. The number of anilines is 3. The second-order valence-corrected chi connectivity index (χ2v) is 18.1. The van der Waals surface area contributed by atoms with Crippen molar-refractivity contribution in [2.75, 3.05) is 67.1 Å². The van der Waals surface area contributed by atoms with Crippen molar-refractivity contribution >= 4 is 46.1 Å². The van der Waals surface area contributed by atoms with Crippen molar-refractivity contribution in [3.05, 3.63) is 95.7 Å². The third kappa shape index (κ3) is 8.89. The number of carbonyl (C=O) groups is 3. The highest BCUT2D eigenvalue weighted by molar-refractivity contribution is 6.05. The monoisotopic (exact) mass is 868 g/mol. The summed E-state index contributed by atoms with van der Waals surface area (Å²) >= 11 is 0. The van der Waals surface area contributed by atoms with Gasteiger partial charge in [-0.3, -0.25) is 29.8 Å². The number of urea groups is 1.